The molecular weight excluding hydrogens is 240 g/mol. The van der Waals surface area contributed by atoms with E-state index < -0.39 is 0 Å². The molecule has 0 saturated heterocycles. The van der Waals surface area contributed by atoms with Crippen LogP contribution < -0.4 is 15.4 Å². The van der Waals surface area contributed by atoms with E-state index in [1.54, 1.807) is 6.33 Å². The van der Waals surface area contributed by atoms with E-state index in [1.165, 1.54) is 0 Å². The molecule has 0 bridgehead atoms. The van der Waals surface area contributed by atoms with E-state index >= 15 is 0 Å². The smallest absolute Gasteiger partial charge is 0.218 e. The lowest BCUT2D eigenvalue weighted by molar-refractivity contribution is 0.304. The van der Waals surface area contributed by atoms with Crippen molar-refractivity contribution in [2.45, 2.75) is 33.6 Å². The van der Waals surface area contributed by atoms with Gasteiger partial charge in [-0.3, -0.25) is 0 Å². The Morgan fingerprint density at radius 2 is 2.16 bits per heavy atom. The molecule has 0 unspecified atom stereocenters. The lowest BCUT2D eigenvalue weighted by Crippen LogP contribution is -2.30. The topological polar surface area (TPSA) is 64.3 Å². The third-order valence-electron chi connectivity index (χ3n) is 2.62. The Balaban J connectivity index is 2.75. The molecule has 1 rings (SSSR count). The van der Waals surface area contributed by atoms with E-state index in [0.717, 1.165) is 31.7 Å². The predicted octanol–water partition coefficient (Wildman–Crippen LogP) is 2.08. The molecule has 108 valence electrons. The molecule has 0 atom stereocenters. The molecule has 0 fully saturated rings. The highest BCUT2D eigenvalue weighted by molar-refractivity contribution is 5.40. The molecule has 0 spiro atoms. The highest BCUT2D eigenvalue weighted by atomic mass is 16.5. The summed E-state index contributed by atoms with van der Waals surface area (Å²) in [7, 11) is 0. The molecule has 0 aromatic carbocycles. The Bertz CT molecular complexity index is 357. The molecule has 0 amide bonds. The maximum atomic E-state index is 5.60. The summed E-state index contributed by atoms with van der Waals surface area (Å²) in [6.07, 6.45) is 3.50. The van der Waals surface area contributed by atoms with Crippen molar-refractivity contribution in [2.24, 2.45) is 11.7 Å². The number of rotatable bonds is 9. The van der Waals surface area contributed by atoms with Crippen LogP contribution in [0.1, 0.15) is 33.6 Å². The lowest BCUT2D eigenvalue weighted by Gasteiger charge is -2.25. The molecule has 0 aliphatic rings. The number of aromatic nitrogens is 2. The highest BCUT2D eigenvalue weighted by Crippen LogP contribution is 2.17. The van der Waals surface area contributed by atoms with Gasteiger partial charge in [0.05, 0.1) is 6.61 Å². The molecule has 0 aliphatic carbocycles. The SMILES string of the molecule is CCCOc1cc(N(CCCN)CC(C)C)ncn1. The summed E-state index contributed by atoms with van der Waals surface area (Å²) in [6.45, 7) is 9.73. The van der Waals surface area contributed by atoms with Crippen molar-refractivity contribution in [3.63, 3.8) is 0 Å². The summed E-state index contributed by atoms with van der Waals surface area (Å²) in [5.74, 6) is 2.14. The first-order valence-corrected chi connectivity index (χ1v) is 7.07. The van der Waals surface area contributed by atoms with Gasteiger partial charge in [-0.15, -0.1) is 0 Å². The van der Waals surface area contributed by atoms with Gasteiger partial charge in [-0.25, -0.2) is 9.97 Å². The monoisotopic (exact) mass is 266 g/mol. The largest absolute Gasteiger partial charge is 0.478 e. The molecule has 5 nitrogen and oxygen atoms in total. The lowest BCUT2D eigenvalue weighted by atomic mass is 10.2. The van der Waals surface area contributed by atoms with Crippen LogP contribution >= 0.6 is 0 Å². The van der Waals surface area contributed by atoms with E-state index in [2.05, 4.69) is 35.6 Å². The van der Waals surface area contributed by atoms with Gasteiger partial charge in [0.25, 0.3) is 0 Å². The van der Waals surface area contributed by atoms with Crippen LogP contribution in [0.3, 0.4) is 0 Å². The van der Waals surface area contributed by atoms with Gasteiger partial charge in [0, 0.05) is 19.2 Å². The zero-order valence-corrected chi connectivity index (χ0v) is 12.3. The zero-order valence-electron chi connectivity index (χ0n) is 12.3. The van der Waals surface area contributed by atoms with Crippen molar-refractivity contribution in [3.8, 4) is 5.88 Å². The highest BCUT2D eigenvalue weighted by Gasteiger charge is 2.11. The van der Waals surface area contributed by atoms with Crippen molar-refractivity contribution in [2.75, 3.05) is 31.1 Å². The van der Waals surface area contributed by atoms with Gasteiger partial charge in [-0.1, -0.05) is 20.8 Å². The van der Waals surface area contributed by atoms with Crippen LogP contribution in [0.25, 0.3) is 0 Å². The first-order valence-electron chi connectivity index (χ1n) is 7.07. The molecule has 0 saturated carbocycles. The summed E-state index contributed by atoms with van der Waals surface area (Å²) in [5.41, 5.74) is 5.60. The quantitative estimate of drug-likeness (QED) is 0.741. The number of nitrogens with zero attached hydrogens (tertiary/aromatic N) is 3. The van der Waals surface area contributed by atoms with Crippen LogP contribution in [0.15, 0.2) is 12.4 Å². The summed E-state index contributed by atoms with van der Waals surface area (Å²) >= 11 is 0. The molecular formula is C14H26N4O. The fourth-order valence-corrected chi connectivity index (χ4v) is 1.81. The number of ether oxygens (including phenoxy) is 1. The third-order valence-corrected chi connectivity index (χ3v) is 2.62. The van der Waals surface area contributed by atoms with Crippen molar-refractivity contribution in [1.82, 2.24) is 9.97 Å². The molecule has 1 aromatic heterocycles. The Morgan fingerprint density at radius 1 is 1.37 bits per heavy atom. The molecule has 1 aromatic rings. The average Bonchev–Trinajstić information content (AvgIpc) is 2.41. The molecule has 2 N–H and O–H groups in total. The Hall–Kier alpha value is -1.36. The van der Waals surface area contributed by atoms with Gasteiger partial charge in [0.2, 0.25) is 5.88 Å². The maximum Gasteiger partial charge on any atom is 0.218 e. The second-order valence-electron chi connectivity index (χ2n) is 5.04. The van der Waals surface area contributed by atoms with E-state index in [9.17, 15) is 0 Å². The minimum Gasteiger partial charge on any atom is -0.478 e. The average molecular weight is 266 g/mol. The van der Waals surface area contributed by atoms with Crippen LogP contribution in [0.2, 0.25) is 0 Å². The third kappa shape index (κ3) is 5.87. The van der Waals surface area contributed by atoms with Gasteiger partial charge >= 0.3 is 0 Å². The number of hydrogen-bond donors (Lipinski definition) is 1. The number of hydrogen-bond acceptors (Lipinski definition) is 5. The van der Waals surface area contributed by atoms with Gasteiger partial charge in [-0.05, 0) is 25.3 Å². The second kappa shape index (κ2) is 8.69. The Kier molecular flexibility index (Phi) is 7.18. The van der Waals surface area contributed by atoms with Crippen LogP contribution in [-0.2, 0) is 0 Å². The summed E-state index contributed by atoms with van der Waals surface area (Å²) in [5, 5.41) is 0. The van der Waals surface area contributed by atoms with Crippen molar-refractivity contribution in [1.29, 1.82) is 0 Å². The Labute approximate surface area is 116 Å². The minimum atomic E-state index is 0.577. The first kappa shape index (κ1) is 15.7. The van der Waals surface area contributed by atoms with Crippen LogP contribution in [0.4, 0.5) is 5.82 Å². The summed E-state index contributed by atoms with van der Waals surface area (Å²) in [4.78, 5) is 10.7. The van der Waals surface area contributed by atoms with Crippen LogP contribution in [-0.4, -0.2) is 36.2 Å². The normalized spacial score (nSPS) is 10.8. The summed E-state index contributed by atoms with van der Waals surface area (Å²) in [6, 6.07) is 1.91. The summed E-state index contributed by atoms with van der Waals surface area (Å²) < 4.78 is 5.55. The fourth-order valence-electron chi connectivity index (χ4n) is 1.81. The maximum absolute atomic E-state index is 5.60. The van der Waals surface area contributed by atoms with Gasteiger partial charge in [0.15, 0.2) is 0 Å². The van der Waals surface area contributed by atoms with E-state index in [0.29, 0.717) is 24.9 Å². The van der Waals surface area contributed by atoms with Crippen molar-refractivity contribution < 1.29 is 4.74 Å². The van der Waals surface area contributed by atoms with Crippen molar-refractivity contribution in [3.05, 3.63) is 12.4 Å². The van der Waals surface area contributed by atoms with Gasteiger partial charge in [-0.2, -0.15) is 0 Å². The van der Waals surface area contributed by atoms with E-state index in [-0.39, 0.29) is 0 Å². The molecule has 0 aliphatic heterocycles. The fraction of sp³-hybridized carbons (Fsp3) is 0.714. The van der Waals surface area contributed by atoms with E-state index in [4.69, 9.17) is 10.5 Å². The number of nitrogens with two attached hydrogens (primary N) is 1. The second-order valence-corrected chi connectivity index (χ2v) is 5.04. The zero-order chi connectivity index (χ0) is 14.1. The van der Waals surface area contributed by atoms with Crippen LogP contribution in [0, 0.1) is 5.92 Å². The van der Waals surface area contributed by atoms with E-state index in [1.807, 2.05) is 6.07 Å². The first-order chi connectivity index (χ1) is 9.17. The molecule has 19 heavy (non-hydrogen) atoms. The molecule has 5 heteroatoms. The molecule has 1 heterocycles. The van der Waals surface area contributed by atoms with Gasteiger partial charge < -0.3 is 15.4 Å². The number of anilines is 1. The van der Waals surface area contributed by atoms with Crippen LogP contribution in [0.5, 0.6) is 5.88 Å². The molecule has 0 radical (unpaired) electrons. The van der Waals surface area contributed by atoms with Gasteiger partial charge in [0.1, 0.15) is 12.1 Å². The predicted molar refractivity (Wildman–Crippen MR) is 78.5 cm³/mol. The minimum absolute atomic E-state index is 0.577. The Morgan fingerprint density at radius 3 is 2.79 bits per heavy atom. The van der Waals surface area contributed by atoms with Crippen molar-refractivity contribution >= 4 is 5.82 Å². The standard InChI is InChI=1S/C14H26N4O/c1-4-8-19-14-9-13(16-11-17-14)18(7-5-6-15)10-12(2)3/h9,11-12H,4-8,10,15H2,1-3H3.